The van der Waals surface area contributed by atoms with Crippen LogP contribution < -0.4 is 9.47 Å². The second-order valence-electron chi connectivity index (χ2n) is 2.70. The number of aliphatic hydroxyl groups excluding tert-OH is 2. The van der Waals surface area contributed by atoms with Crippen molar-refractivity contribution in [3.05, 3.63) is 23.8 Å². The van der Waals surface area contributed by atoms with Crippen LogP contribution in [0.3, 0.4) is 0 Å². The van der Waals surface area contributed by atoms with Crippen molar-refractivity contribution in [2.24, 2.45) is 0 Å². The van der Waals surface area contributed by atoms with Gasteiger partial charge in [0.2, 0.25) is 0 Å². The molecule has 78 valence electrons. The molecule has 1 rings (SSSR count). The lowest BCUT2D eigenvalue weighted by molar-refractivity contribution is 0.195. The Morgan fingerprint density at radius 2 is 2.07 bits per heavy atom. The Kier molecular flexibility index (Phi) is 4.22. The van der Waals surface area contributed by atoms with Crippen LogP contribution in [0.1, 0.15) is 5.56 Å². The van der Waals surface area contributed by atoms with Crippen LogP contribution in [0.5, 0.6) is 11.5 Å². The highest BCUT2D eigenvalue weighted by atomic mass is 16.5. The number of methoxy groups -OCH3 is 1. The zero-order valence-electron chi connectivity index (χ0n) is 8.06. The van der Waals surface area contributed by atoms with Crippen LogP contribution in [0.4, 0.5) is 0 Å². The van der Waals surface area contributed by atoms with E-state index < -0.39 is 0 Å². The molecule has 2 N–H and O–H groups in total. The quantitative estimate of drug-likeness (QED) is 0.725. The molecule has 0 saturated carbocycles. The largest absolute Gasteiger partial charge is 0.497 e. The Labute approximate surface area is 82.7 Å². The van der Waals surface area contributed by atoms with E-state index in [-0.39, 0.29) is 19.8 Å². The van der Waals surface area contributed by atoms with Crippen molar-refractivity contribution in [1.82, 2.24) is 0 Å². The summed E-state index contributed by atoms with van der Waals surface area (Å²) in [6.45, 7) is 0.0625. The molecule has 1 aromatic carbocycles. The van der Waals surface area contributed by atoms with Crippen LogP contribution in [0, 0.1) is 0 Å². The average Bonchev–Trinajstić information content (AvgIpc) is 2.25. The lowest BCUT2D eigenvalue weighted by Crippen LogP contribution is -2.04. The molecule has 4 heteroatoms. The van der Waals surface area contributed by atoms with Crippen molar-refractivity contribution in [1.29, 1.82) is 0 Å². The van der Waals surface area contributed by atoms with E-state index in [1.165, 1.54) is 0 Å². The van der Waals surface area contributed by atoms with Crippen LogP contribution >= 0.6 is 0 Å². The first-order valence-corrected chi connectivity index (χ1v) is 4.33. The number of benzene rings is 1. The van der Waals surface area contributed by atoms with Gasteiger partial charge in [-0.3, -0.25) is 0 Å². The highest BCUT2D eigenvalue weighted by Gasteiger charge is 2.04. The molecule has 0 heterocycles. The molecule has 0 radical (unpaired) electrons. The minimum Gasteiger partial charge on any atom is -0.497 e. The molecular formula is C10H14O4. The Bertz CT molecular complexity index is 285. The lowest BCUT2D eigenvalue weighted by Gasteiger charge is -2.10. The van der Waals surface area contributed by atoms with Gasteiger partial charge < -0.3 is 19.7 Å². The molecule has 0 saturated heterocycles. The fourth-order valence-corrected chi connectivity index (χ4v) is 1.08. The molecular weight excluding hydrogens is 184 g/mol. The Morgan fingerprint density at radius 1 is 1.29 bits per heavy atom. The van der Waals surface area contributed by atoms with Crippen molar-refractivity contribution in [3.8, 4) is 11.5 Å². The van der Waals surface area contributed by atoms with Gasteiger partial charge >= 0.3 is 0 Å². The summed E-state index contributed by atoms with van der Waals surface area (Å²) in [4.78, 5) is 0. The normalized spacial score (nSPS) is 9.93. The van der Waals surface area contributed by atoms with E-state index >= 15 is 0 Å². The summed E-state index contributed by atoms with van der Waals surface area (Å²) in [6, 6.07) is 5.16. The maximum atomic E-state index is 9.00. The summed E-state index contributed by atoms with van der Waals surface area (Å²) < 4.78 is 10.2. The number of ether oxygens (including phenoxy) is 2. The van der Waals surface area contributed by atoms with Gasteiger partial charge in [0.1, 0.15) is 18.1 Å². The highest BCUT2D eigenvalue weighted by molar-refractivity contribution is 5.40. The smallest absolute Gasteiger partial charge is 0.128 e. The molecule has 0 spiro atoms. The van der Waals surface area contributed by atoms with Crippen LogP contribution in [-0.4, -0.2) is 30.5 Å². The zero-order chi connectivity index (χ0) is 10.4. The van der Waals surface area contributed by atoms with Crippen molar-refractivity contribution in [3.63, 3.8) is 0 Å². The summed E-state index contributed by atoms with van der Waals surface area (Å²) in [6.07, 6.45) is 0. The third-order valence-corrected chi connectivity index (χ3v) is 1.79. The van der Waals surface area contributed by atoms with Crippen LogP contribution in [0.15, 0.2) is 18.2 Å². The molecule has 0 unspecified atom stereocenters. The van der Waals surface area contributed by atoms with Gasteiger partial charge in [-0.05, 0) is 12.1 Å². The first kappa shape index (κ1) is 10.8. The number of rotatable bonds is 5. The first-order chi connectivity index (χ1) is 6.81. The topological polar surface area (TPSA) is 58.9 Å². The summed E-state index contributed by atoms with van der Waals surface area (Å²) >= 11 is 0. The molecule has 0 aliphatic heterocycles. The predicted octanol–water partition coefficient (Wildman–Crippen LogP) is 0.559. The average molecular weight is 198 g/mol. The highest BCUT2D eigenvalue weighted by Crippen LogP contribution is 2.24. The molecule has 14 heavy (non-hydrogen) atoms. The van der Waals surface area contributed by atoms with Gasteiger partial charge in [-0.25, -0.2) is 0 Å². The van der Waals surface area contributed by atoms with Gasteiger partial charge in [0, 0.05) is 11.6 Å². The van der Waals surface area contributed by atoms with E-state index in [9.17, 15) is 0 Å². The van der Waals surface area contributed by atoms with Crippen molar-refractivity contribution >= 4 is 0 Å². The summed E-state index contributed by atoms with van der Waals surface area (Å²) in [5, 5.41) is 17.6. The third-order valence-electron chi connectivity index (χ3n) is 1.79. The molecule has 4 nitrogen and oxygen atoms in total. The monoisotopic (exact) mass is 198 g/mol. The molecule has 1 aromatic rings. The van der Waals surface area contributed by atoms with Gasteiger partial charge in [-0.2, -0.15) is 0 Å². The molecule has 0 atom stereocenters. The van der Waals surface area contributed by atoms with Gasteiger partial charge in [0.25, 0.3) is 0 Å². The van der Waals surface area contributed by atoms with Gasteiger partial charge in [-0.1, -0.05) is 0 Å². The summed E-state index contributed by atoms with van der Waals surface area (Å²) in [5.74, 6) is 1.20. The summed E-state index contributed by atoms with van der Waals surface area (Å²) in [7, 11) is 1.56. The van der Waals surface area contributed by atoms with Gasteiger partial charge in [-0.15, -0.1) is 0 Å². The summed E-state index contributed by atoms with van der Waals surface area (Å²) in [5.41, 5.74) is 0.680. The van der Waals surface area contributed by atoms with E-state index in [0.717, 1.165) is 0 Å². The van der Waals surface area contributed by atoms with Crippen LogP contribution in [0.25, 0.3) is 0 Å². The van der Waals surface area contributed by atoms with Crippen molar-refractivity contribution in [2.45, 2.75) is 6.61 Å². The second kappa shape index (κ2) is 5.47. The molecule has 0 aliphatic carbocycles. The fourth-order valence-electron chi connectivity index (χ4n) is 1.08. The zero-order valence-corrected chi connectivity index (χ0v) is 8.06. The fraction of sp³-hybridized carbons (Fsp3) is 0.400. The van der Waals surface area contributed by atoms with Crippen molar-refractivity contribution in [2.75, 3.05) is 20.3 Å². The molecule has 0 amide bonds. The standard InChI is InChI=1S/C10H14O4/c1-13-9-3-2-8(7-12)10(6-9)14-5-4-11/h2-3,6,11-12H,4-5,7H2,1H3. The van der Waals surface area contributed by atoms with E-state index in [0.29, 0.717) is 17.1 Å². The van der Waals surface area contributed by atoms with Crippen molar-refractivity contribution < 1.29 is 19.7 Å². The SMILES string of the molecule is COc1ccc(CO)c(OCCO)c1. The molecule has 0 aliphatic rings. The first-order valence-electron chi connectivity index (χ1n) is 4.33. The lowest BCUT2D eigenvalue weighted by atomic mass is 10.2. The second-order valence-corrected chi connectivity index (χ2v) is 2.70. The predicted molar refractivity (Wildman–Crippen MR) is 51.5 cm³/mol. The molecule has 0 bridgehead atoms. The maximum Gasteiger partial charge on any atom is 0.128 e. The third kappa shape index (κ3) is 2.61. The minimum atomic E-state index is -0.0925. The molecule has 0 fully saturated rings. The van der Waals surface area contributed by atoms with Gasteiger partial charge in [0.15, 0.2) is 0 Å². The van der Waals surface area contributed by atoms with E-state index in [4.69, 9.17) is 19.7 Å². The number of hydrogen-bond donors (Lipinski definition) is 2. The maximum absolute atomic E-state index is 9.00. The Balaban J connectivity index is 2.84. The Morgan fingerprint density at radius 3 is 2.64 bits per heavy atom. The minimum absolute atomic E-state index is 0.0535. The van der Waals surface area contributed by atoms with Crippen LogP contribution in [0.2, 0.25) is 0 Å². The van der Waals surface area contributed by atoms with Gasteiger partial charge in [0.05, 0.1) is 20.3 Å². The van der Waals surface area contributed by atoms with Crippen LogP contribution in [-0.2, 0) is 6.61 Å². The number of hydrogen-bond acceptors (Lipinski definition) is 4. The molecule has 0 aromatic heterocycles. The number of aliphatic hydroxyl groups is 2. The van der Waals surface area contributed by atoms with E-state index in [1.807, 2.05) is 0 Å². The van der Waals surface area contributed by atoms with E-state index in [2.05, 4.69) is 0 Å². The Hall–Kier alpha value is -1.26. The van der Waals surface area contributed by atoms with E-state index in [1.54, 1.807) is 25.3 Å².